The summed E-state index contributed by atoms with van der Waals surface area (Å²) in [6.45, 7) is 3.77. The smallest absolute Gasteiger partial charge is 0.257 e. The van der Waals surface area contributed by atoms with Gasteiger partial charge in [0.15, 0.2) is 5.16 Å². The van der Waals surface area contributed by atoms with Crippen molar-refractivity contribution in [2.45, 2.75) is 38.3 Å². The van der Waals surface area contributed by atoms with Crippen LogP contribution in [0.5, 0.6) is 0 Å². The summed E-state index contributed by atoms with van der Waals surface area (Å²) < 4.78 is 15.5. The Morgan fingerprint density at radius 2 is 1.84 bits per heavy atom. The Morgan fingerprint density at radius 3 is 2.55 bits per heavy atom. The van der Waals surface area contributed by atoms with Crippen LogP contribution in [0.1, 0.15) is 35.2 Å². The molecule has 1 aromatic heterocycles. The fraction of sp³-hybridized carbons (Fsp3) is 0.292. The maximum atomic E-state index is 14.0. The second-order valence-electron chi connectivity index (χ2n) is 7.46. The summed E-state index contributed by atoms with van der Waals surface area (Å²) in [6.07, 6.45) is 1.26. The molecule has 5 nitrogen and oxygen atoms in total. The second kappa shape index (κ2) is 10.4. The average molecular weight is 440 g/mol. The van der Waals surface area contributed by atoms with E-state index >= 15 is 0 Å². The number of anilines is 1. The lowest BCUT2D eigenvalue weighted by Gasteiger charge is -2.12. The Labute approximate surface area is 185 Å². The van der Waals surface area contributed by atoms with Crippen LogP contribution in [-0.2, 0) is 18.3 Å². The highest BCUT2D eigenvalue weighted by atomic mass is 32.2. The molecule has 3 rings (SSSR count). The Morgan fingerprint density at radius 1 is 1.13 bits per heavy atom. The minimum absolute atomic E-state index is 0.0392. The molecular weight excluding hydrogens is 413 g/mol. The first-order valence-electron chi connectivity index (χ1n) is 10.1. The molecule has 0 aliphatic carbocycles. The number of hydrogen-bond acceptors (Lipinski definition) is 4. The Hall–Kier alpha value is -2.93. The van der Waals surface area contributed by atoms with Gasteiger partial charge in [0.05, 0.1) is 0 Å². The quantitative estimate of drug-likeness (QED) is 0.316. The first-order chi connectivity index (χ1) is 14.8. The molecular formula is C24H26FN3O2S. The number of nitrogens with zero attached hydrogens (tertiary/aromatic N) is 2. The van der Waals surface area contributed by atoms with Gasteiger partial charge in [0.1, 0.15) is 5.82 Å². The average Bonchev–Trinajstić information content (AvgIpc) is 2.75. The number of amides is 1. The topological polar surface area (TPSA) is 64.0 Å². The van der Waals surface area contributed by atoms with Crippen LogP contribution in [0.2, 0.25) is 0 Å². The van der Waals surface area contributed by atoms with Crippen molar-refractivity contribution in [2.24, 2.45) is 7.05 Å². The lowest BCUT2D eigenvalue weighted by molar-refractivity contribution is -0.116. The summed E-state index contributed by atoms with van der Waals surface area (Å²) in [7, 11) is 1.67. The lowest BCUT2D eigenvalue weighted by Crippen LogP contribution is -2.26. The fourth-order valence-corrected chi connectivity index (χ4v) is 4.10. The SMILES string of the molecule is Cc1ccc(NC(=O)CCCSc2nc(C)c(Cc3ccccc3F)c(=O)n2C)cc1. The number of aromatic nitrogens is 2. The number of nitrogens with one attached hydrogen (secondary N) is 1. The zero-order chi connectivity index (χ0) is 22.4. The van der Waals surface area contributed by atoms with Gasteiger partial charge in [-0.25, -0.2) is 9.37 Å². The number of carbonyl (C=O) groups excluding carboxylic acids is 1. The third-order valence-corrected chi connectivity index (χ3v) is 6.11. The number of hydrogen-bond donors (Lipinski definition) is 1. The van der Waals surface area contributed by atoms with E-state index in [9.17, 15) is 14.0 Å². The maximum Gasteiger partial charge on any atom is 0.257 e. The highest BCUT2D eigenvalue weighted by Crippen LogP contribution is 2.19. The number of carbonyl (C=O) groups is 1. The molecule has 0 aliphatic heterocycles. The molecule has 0 fully saturated rings. The molecule has 0 bridgehead atoms. The molecule has 0 atom stereocenters. The van der Waals surface area contributed by atoms with E-state index < -0.39 is 0 Å². The Bertz CT molecular complexity index is 1130. The molecule has 0 saturated carbocycles. The summed E-state index contributed by atoms with van der Waals surface area (Å²) in [5.74, 6) is 0.294. The van der Waals surface area contributed by atoms with E-state index in [1.54, 1.807) is 32.2 Å². The van der Waals surface area contributed by atoms with Crippen molar-refractivity contribution in [3.8, 4) is 0 Å². The van der Waals surface area contributed by atoms with Crippen LogP contribution >= 0.6 is 11.8 Å². The van der Waals surface area contributed by atoms with Crippen LogP contribution in [0.4, 0.5) is 10.1 Å². The summed E-state index contributed by atoms with van der Waals surface area (Å²) in [6, 6.07) is 14.1. The second-order valence-corrected chi connectivity index (χ2v) is 8.52. The van der Waals surface area contributed by atoms with Crippen LogP contribution < -0.4 is 10.9 Å². The molecule has 0 unspecified atom stereocenters. The van der Waals surface area contributed by atoms with E-state index in [4.69, 9.17) is 0 Å². The first-order valence-corrected chi connectivity index (χ1v) is 11.1. The van der Waals surface area contributed by atoms with Crippen LogP contribution in [0.3, 0.4) is 0 Å². The summed E-state index contributed by atoms with van der Waals surface area (Å²) in [5.41, 5.74) is 3.33. The molecule has 1 N–H and O–H groups in total. The van der Waals surface area contributed by atoms with Crippen molar-refractivity contribution in [2.75, 3.05) is 11.1 Å². The van der Waals surface area contributed by atoms with Crippen molar-refractivity contribution >= 4 is 23.4 Å². The molecule has 0 spiro atoms. The third kappa shape index (κ3) is 6.04. The number of aryl methyl sites for hydroxylation is 2. The van der Waals surface area contributed by atoms with Gasteiger partial charge in [-0.15, -0.1) is 0 Å². The standard InChI is InChI=1S/C24H26FN3O2S/c1-16-10-12-19(13-11-16)27-22(29)9-6-14-31-24-26-17(2)20(23(30)28(24)3)15-18-7-4-5-8-21(18)25/h4-5,7-8,10-13H,6,9,14-15H2,1-3H3,(H,27,29). The Kier molecular flexibility index (Phi) is 7.63. The zero-order valence-electron chi connectivity index (χ0n) is 17.9. The van der Waals surface area contributed by atoms with Crippen molar-refractivity contribution in [3.05, 3.63) is 87.1 Å². The molecule has 0 aliphatic rings. The first kappa shape index (κ1) is 22.7. The van der Waals surface area contributed by atoms with Crippen molar-refractivity contribution < 1.29 is 9.18 Å². The highest BCUT2D eigenvalue weighted by Gasteiger charge is 2.14. The number of benzene rings is 2. The molecule has 2 aromatic carbocycles. The minimum Gasteiger partial charge on any atom is -0.326 e. The predicted molar refractivity (Wildman–Crippen MR) is 123 cm³/mol. The van der Waals surface area contributed by atoms with Crippen molar-refractivity contribution in [3.63, 3.8) is 0 Å². The van der Waals surface area contributed by atoms with E-state index in [-0.39, 0.29) is 23.7 Å². The Balaban J connectivity index is 1.57. The molecule has 0 saturated heterocycles. The minimum atomic E-state index is -0.327. The lowest BCUT2D eigenvalue weighted by atomic mass is 10.0. The van der Waals surface area contributed by atoms with E-state index in [1.165, 1.54) is 22.4 Å². The molecule has 31 heavy (non-hydrogen) atoms. The van der Waals surface area contributed by atoms with Gasteiger partial charge in [0, 0.05) is 42.6 Å². The number of thioether (sulfide) groups is 1. The normalized spacial score (nSPS) is 10.8. The van der Waals surface area contributed by atoms with Crippen LogP contribution in [0, 0.1) is 19.7 Å². The van der Waals surface area contributed by atoms with E-state index in [0.717, 1.165) is 11.3 Å². The fourth-order valence-electron chi connectivity index (χ4n) is 3.15. The van der Waals surface area contributed by atoms with Gasteiger partial charge in [-0.2, -0.15) is 0 Å². The van der Waals surface area contributed by atoms with Crippen molar-refractivity contribution in [1.82, 2.24) is 9.55 Å². The predicted octanol–water partition coefficient (Wildman–Crippen LogP) is 4.64. The molecule has 162 valence electrons. The summed E-state index contributed by atoms with van der Waals surface area (Å²) in [5, 5.41) is 3.48. The van der Waals surface area contributed by atoms with Crippen molar-refractivity contribution in [1.29, 1.82) is 0 Å². The van der Waals surface area contributed by atoms with E-state index in [2.05, 4.69) is 10.3 Å². The van der Waals surface area contributed by atoms with E-state index in [1.807, 2.05) is 31.2 Å². The van der Waals surface area contributed by atoms with Gasteiger partial charge in [0.25, 0.3) is 5.56 Å². The van der Waals surface area contributed by atoms with Crippen LogP contribution in [-0.4, -0.2) is 21.2 Å². The molecule has 1 amide bonds. The molecule has 0 radical (unpaired) electrons. The van der Waals surface area contributed by atoms with Gasteiger partial charge in [0.2, 0.25) is 5.91 Å². The summed E-state index contributed by atoms with van der Waals surface area (Å²) >= 11 is 1.44. The molecule has 1 heterocycles. The maximum absolute atomic E-state index is 14.0. The van der Waals surface area contributed by atoms with E-state index in [0.29, 0.717) is 40.6 Å². The van der Waals surface area contributed by atoms with Gasteiger partial charge in [-0.1, -0.05) is 47.7 Å². The van der Waals surface area contributed by atoms with Gasteiger partial charge >= 0.3 is 0 Å². The highest BCUT2D eigenvalue weighted by molar-refractivity contribution is 7.99. The largest absolute Gasteiger partial charge is 0.326 e. The van der Waals surface area contributed by atoms with Crippen LogP contribution in [0.25, 0.3) is 0 Å². The third-order valence-electron chi connectivity index (χ3n) is 4.99. The van der Waals surface area contributed by atoms with Gasteiger partial charge < -0.3 is 5.32 Å². The van der Waals surface area contributed by atoms with Gasteiger partial charge in [-0.05, 0) is 44.0 Å². The van der Waals surface area contributed by atoms with Crippen LogP contribution in [0.15, 0.2) is 58.5 Å². The molecule has 3 aromatic rings. The molecule has 7 heteroatoms. The number of rotatable bonds is 8. The number of halogens is 1. The zero-order valence-corrected chi connectivity index (χ0v) is 18.8. The summed E-state index contributed by atoms with van der Waals surface area (Å²) in [4.78, 5) is 29.5. The van der Waals surface area contributed by atoms with Gasteiger partial charge in [-0.3, -0.25) is 14.2 Å². The monoisotopic (exact) mass is 439 g/mol.